The van der Waals surface area contributed by atoms with Crippen molar-refractivity contribution in [3.05, 3.63) is 76.7 Å². The van der Waals surface area contributed by atoms with E-state index in [1.54, 1.807) is 17.5 Å². The first kappa shape index (κ1) is 24.0. The topological polar surface area (TPSA) is 114 Å². The zero-order valence-electron chi connectivity index (χ0n) is 18.6. The minimum Gasteiger partial charge on any atom is -0.465 e. The van der Waals surface area contributed by atoms with Gasteiger partial charge in [-0.05, 0) is 41.0 Å². The minimum absolute atomic E-state index is 0.0502. The molecule has 1 amide bonds. The van der Waals surface area contributed by atoms with E-state index in [0.717, 1.165) is 29.5 Å². The second-order valence-electron chi connectivity index (χ2n) is 7.56. The first-order valence-corrected chi connectivity index (χ1v) is 11.5. The number of hydrogen-bond donors (Lipinski definition) is 3. The summed E-state index contributed by atoms with van der Waals surface area (Å²) in [5.41, 5.74) is 9.63. The molecule has 7 nitrogen and oxygen atoms in total. The summed E-state index contributed by atoms with van der Waals surface area (Å²) < 4.78 is 4.79. The number of nitrogens with zero attached hydrogens (tertiary/aromatic N) is 1. The molecule has 0 bridgehead atoms. The standard InChI is InChI=1S/C25H27N3O4S/c1-3-6-18(23(29)27-24-21(13-14-33-24)25(30)32-2)15-16-9-11-17(12-10-16)19-7-4-5-8-20(19)22(26)28-31/h4-5,7-14,18,31H,3,6,15H2,1-2H3,(H2,26,28)(H,27,29). The molecule has 172 valence electrons. The molecule has 4 N–H and O–H groups in total. The lowest BCUT2D eigenvalue weighted by Crippen LogP contribution is -2.25. The third-order valence-electron chi connectivity index (χ3n) is 5.37. The van der Waals surface area contributed by atoms with E-state index < -0.39 is 5.97 Å². The van der Waals surface area contributed by atoms with Crippen molar-refractivity contribution >= 4 is 34.0 Å². The van der Waals surface area contributed by atoms with Gasteiger partial charge in [0.05, 0.1) is 12.7 Å². The van der Waals surface area contributed by atoms with Crippen molar-refractivity contribution in [2.75, 3.05) is 12.4 Å². The fraction of sp³-hybridized carbons (Fsp3) is 0.240. The molecular formula is C25H27N3O4S. The Morgan fingerprint density at radius 2 is 1.85 bits per heavy atom. The maximum absolute atomic E-state index is 13.0. The first-order chi connectivity index (χ1) is 16.0. The van der Waals surface area contributed by atoms with E-state index in [1.807, 2.05) is 49.4 Å². The molecule has 0 aliphatic carbocycles. The summed E-state index contributed by atoms with van der Waals surface area (Å²) in [6, 6.07) is 17.0. The van der Waals surface area contributed by atoms with Crippen LogP contribution in [0, 0.1) is 5.92 Å². The van der Waals surface area contributed by atoms with Crippen molar-refractivity contribution in [3.8, 4) is 11.1 Å². The van der Waals surface area contributed by atoms with E-state index in [4.69, 9.17) is 15.7 Å². The first-order valence-electron chi connectivity index (χ1n) is 10.6. The Kier molecular flexibility index (Phi) is 8.21. The lowest BCUT2D eigenvalue weighted by molar-refractivity contribution is -0.120. The van der Waals surface area contributed by atoms with Gasteiger partial charge in [0, 0.05) is 11.5 Å². The van der Waals surface area contributed by atoms with Crippen molar-refractivity contribution < 1.29 is 19.5 Å². The lowest BCUT2D eigenvalue weighted by atomic mass is 9.92. The van der Waals surface area contributed by atoms with E-state index in [-0.39, 0.29) is 17.7 Å². The zero-order valence-corrected chi connectivity index (χ0v) is 19.4. The number of benzene rings is 2. The minimum atomic E-state index is -0.471. The monoisotopic (exact) mass is 465 g/mol. The lowest BCUT2D eigenvalue weighted by Gasteiger charge is -2.17. The molecule has 3 aromatic rings. The number of nitrogens with two attached hydrogens (primary N) is 1. The number of ether oxygens (including phenoxy) is 1. The highest BCUT2D eigenvalue weighted by atomic mass is 32.1. The van der Waals surface area contributed by atoms with Gasteiger partial charge in [-0.2, -0.15) is 0 Å². The number of amides is 1. The van der Waals surface area contributed by atoms with Crippen LogP contribution in [0.3, 0.4) is 0 Å². The predicted octanol–water partition coefficient (Wildman–Crippen LogP) is 4.89. The molecule has 0 aliphatic heterocycles. The highest BCUT2D eigenvalue weighted by Gasteiger charge is 2.22. The second-order valence-corrected chi connectivity index (χ2v) is 8.48. The molecule has 1 atom stereocenters. The van der Waals surface area contributed by atoms with Gasteiger partial charge in [0.1, 0.15) is 5.00 Å². The smallest absolute Gasteiger partial charge is 0.340 e. The third kappa shape index (κ3) is 5.78. The summed E-state index contributed by atoms with van der Waals surface area (Å²) in [7, 11) is 1.32. The van der Waals surface area contributed by atoms with E-state index in [9.17, 15) is 9.59 Å². The third-order valence-corrected chi connectivity index (χ3v) is 6.20. The number of nitrogens with one attached hydrogen (secondary N) is 1. The Hall–Kier alpha value is -3.65. The molecule has 0 saturated heterocycles. The highest BCUT2D eigenvalue weighted by molar-refractivity contribution is 7.14. The Morgan fingerprint density at radius 3 is 2.52 bits per heavy atom. The van der Waals surface area contributed by atoms with Crippen molar-refractivity contribution in [1.29, 1.82) is 0 Å². The Labute approximate surface area is 196 Å². The van der Waals surface area contributed by atoms with Crippen LogP contribution in [-0.2, 0) is 16.0 Å². The van der Waals surface area contributed by atoms with Gasteiger partial charge in [-0.1, -0.05) is 67.0 Å². The fourth-order valence-electron chi connectivity index (χ4n) is 3.68. The summed E-state index contributed by atoms with van der Waals surface area (Å²) >= 11 is 1.30. The average Bonchev–Trinajstić information content (AvgIpc) is 3.31. The summed E-state index contributed by atoms with van der Waals surface area (Å²) in [5.74, 6) is -0.778. The molecule has 0 radical (unpaired) electrons. The predicted molar refractivity (Wildman–Crippen MR) is 131 cm³/mol. The van der Waals surface area contributed by atoms with Crippen LogP contribution in [0.1, 0.15) is 41.3 Å². The number of rotatable bonds is 9. The van der Waals surface area contributed by atoms with Gasteiger partial charge in [0.15, 0.2) is 5.84 Å². The molecule has 2 aromatic carbocycles. The maximum Gasteiger partial charge on any atom is 0.340 e. The molecule has 0 fully saturated rings. The largest absolute Gasteiger partial charge is 0.465 e. The van der Waals surface area contributed by atoms with E-state index in [0.29, 0.717) is 22.5 Å². The van der Waals surface area contributed by atoms with Gasteiger partial charge >= 0.3 is 5.97 Å². The van der Waals surface area contributed by atoms with Gasteiger partial charge in [-0.25, -0.2) is 4.79 Å². The molecule has 8 heteroatoms. The molecule has 1 unspecified atom stereocenters. The molecule has 0 spiro atoms. The van der Waals surface area contributed by atoms with Crippen molar-refractivity contribution in [3.63, 3.8) is 0 Å². The number of amidine groups is 1. The van der Waals surface area contributed by atoms with Gasteiger partial charge in [-0.15, -0.1) is 11.3 Å². The van der Waals surface area contributed by atoms with Crippen LogP contribution in [-0.4, -0.2) is 30.0 Å². The zero-order chi connectivity index (χ0) is 23.8. The van der Waals surface area contributed by atoms with Crippen LogP contribution in [0.4, 0.5) is 5.00 Å². The number of esters is 1. The van der Waals surface area contributed by atoms with Crippen LogP contribution < -0.4 is 11.1 Å². The number of anilines is 1. The number of methoxy groups -OCH3 is 1. The fourth-order valence-corrected chi connectivity index (χ4v) is 4.46. The molecule has 33 heavy (non-hydrogen) atoms. The van der Waals surface area contributed by atoms with Crippen LogP contribution in [0.2, 0.25) is 0 Å². The summed E-state index contributed by atoms with van der Waals surface area (Å²) in [4.78, 5) is 24.9. The van der Waals surface area contributed by atoms with E-state index >= 15 is 0 Å². The molecule has 0 aliphatic rings. The molecule has 3 rings (SSSR count). The number of thiophene rings is 1. The number of carbonyl (C=O) groups excluding carboxylic acids is 2. The average molecular weight is 466 g/mol. The summed E-state index contributed by atoms with van der Waals surface area (Å²) in [5, 5.41) is 17.3. The van der Waals surface area contributed by atoms with Crippen LogP contribution in [0.25, 0.3) is 11.1 Å². The van der Waals surface area contributed by atoms with Crippen LogP contribution >= 0.6 is 11.3 Å². The molecule has 1 aromatic heterocycles. The SMILES string of the molecule is CCCC(Cc1ccc(-c2ccccc2/C(N)=N\O)cc1)C(=O)Nc1sccc1C(=O)OC. The summed E-state index contributed by atoms with van der Waals surface area (Å²) in [6.07, 6.45) is 2.15. The van der Waals surface area contributed by atoms with Crippen LogP contribution in [0.15, 0.2) is 65.1 Å². The maximum atomic E-state index is 13.0. The molecule has 1 heterocycles. The van der Waals surface area contributed by atoms with E-state index in [1.165, 1.54) is 18.4 Å². The quantitative estimate of drug-likeness (QED) is 0.137. The Bertz CT molecular complexity index is 1140. The van der Waals surface area contributed by atoms with Crippen molar-refractivity contribution in [1.82, 2.24) is 0 Å². The second kappa shape index (κ2) is 11.3. The molecule has 0 saturated carbocycles. The highest BCUT2D eigenvalue weighted by Crippen LogP contribution is 2.27. The Balaban J connectivity index is 1.76. The van der Waals surface area contributed by atoms with Gasteiger partial charge in [0.25, 0.3) is 0 Å². The summed E-state index contributed by atoms with van der Waals surface area (Å²) in [6.45, 7) is 2.04. The van der Waals surface area contributed by atoms with Crippen LogP contribution in [0.5, 0.6) is 0 Å². The van der Waals surface area contributed by atoms with Gasteiger partial charge in [-0.3, -0.25) is 4.79 Å². The Morgan fingerprint density at radius 1 is 1.12 bits per heavy atom. The van der Waals surface area contributed by atoms with Gasteiger partial charge in [0.2, 0.25) is 5.91 Å². The normalized spacial score (nSPS) is 12.2. The number of carbonyl (C=O) groups is 2. The number of hydrogen-bond acceptors (Lipinski definition) is 6. The molecular weight excluding hydrogens is 438 g/mol. The van der Waals surface area contributed by atoms with Crippen molar-refractivity contribution in [2.24, 2.45) is 16.8 Å². The van der Waals surface area contributed by atoms with E-state index in [2.05, 4.69) is 10.5 Å². The number of oxime groups is 1. The van der Waals surface area contributed by atoms with Gasteiger partial charge < -0.3 is 21.0 Å². The van der Waals surface area contributed by atoms with Crippen molar-refractivity contribution in [2.45, 2.75) is 26.2 Å².